The van der Waals surface area contributed by atoms with Crippen LogP contribution in [0.5, 0.6) is 0 Å². The highest BCUT2D eigenvalue weighted by atomic mass is 35.5. The Morgan fingerprint density at radius 3 is 3.00 bits per heavy atom. The summed E-state index contributed by atoms with van der Waals surface area (Å²) in [7, 11) is 0. The van der Waals surface area contributed by atoms with E-state index in [1.165, 1.54) is 0 Å². The van der Waals surface area contributed by atoms with Crippen LogP contribution in [0.15, 0.2) is 18.5 Å². The second kappa shape index (κ2) is 6.64. The highest BCUT2D eigenvalue weighted by Gasteiger charge is 2.06. The summed E-state index contributed by atoms with van der Waals surface area (Å²) >= 11 is 5.98. The van der Waals surface area contributed by atoms with Gasteiger partial charge in [-0.25, -0.2) is 0 Å². The second-order valence-corrected chi connectivity index (χ2v) is 4.00. The van der Waals surface area contributed by atoms with E-state index in [4.69, 9.17) is 17.3 Å². The smallest absolute Gasteiger partial charge is 0.0820 e. The van der Waals surface area contributed by atoms with Gasteiger partial charge in [-0.15, -0.1) is 0 Å². The zero-order valence-corrected chi connectivity index (χ0v) is 9.80. The Morgan fingerprint density at radius 1 is 1.60 bits per heavy atom. The molecule has 1 unspecified atom stereocenters. The highest BCUT2D eigenvalue weighted by Crippen LogP contribution is 2.20. The van der Waals surface area contributed by atoms with Crippen LogP contribution >= 0.6 is 11.6 Å². The van der Waals surface area contributed by atoms with E-state index in [-0.39, 0.29) is 0 Å². The van der Waals surface area contributed by atoms with Crippen LogP contribution in [-0.2, 0) is 0 Å². The van der Waals surface area contributed by atoms with Gasteiger partial charge in [-0.1, -0.05) is 24.9 Å². The number of aromatic nitrogens is 1. The van der Waals surface area contributed by atoms with E-state index >= 15 is 0 Å². The van der Waals surface area contributed by atoms with Gasteiger partial charge in [0.15, 0.2) is 0 Å². The lowest BCUT2D eigenvalue weighted by molar-refractivity contribution is 0.501. The minimum atomic E-state index is 0.610. The molecule has 3 nitrogen and oxygen atoms in total. The van der Waals surface area contributed by atoms with Crippen molar-refractivity contribution in [2.45, 2.75) is 19.8 Å². The van der Waals surface area contributed by atoms with E-state index in [0.717, 1.165) is 31.6 Å². The van der Waals surface area contributed by atoms with Gasteiger partial charge in [0.2, 0.25) is 0 Å². The van der Waals surface area contributed by atoms with Crippen LogP contribution in [0, 0.1) is 5.92 Å². The van der Waals surface area contributed by atoms with E-state index in [2.05, 4.69) is 17.2 Å². The predicted molar refractivity (Wildman–Crippen MR) is 65.2 cm³/mol. The number of nitrogens with zero attached hydrogens (tertiary/aromatic N) is 1. The number of nitrogens with one attached hydrogen (secondary N) is 1. The molecule has 0 aliphatic rings. The number of anilines is 1. The SMILES string of the molecule is CCC(CCN)CNc1ccncc1Cl. The van der Waals surface area contributed by atoms with Crippen LogP contribution in [-0.4, -0.2) is 18.1 Å². The van der Waals surface area contributed by atoms with Crippen LogP contribution in [0.25, 0.3) is 0 Å². The summed E-state index contributed by atoms with van der Waals surface area (Å²) in [5, 5.41) is 3.99. The molecule has 0 spiro atoms. The summed E-state index contributed by atoms with van der Waals surface area (Å²) < 4.78 is 0. The minimum Gasteiger partial charge on any atom is -0.383 e. The lowest BCUT2D eigenvalue weighted by Crippen LogP contribution is -2.17. The molecule has 3 N–H and O–H groups in total. The van der Waals surface area contributed by atoms with Crippen molar-refractivity contribution in [3.05, 3.63) is 23.5 Å². The van der Waals surface area contributed by atoms with Gasteiger partial charge >= 0.3 is 0 Å². The fourth-order valence-electron chi connectivity index (χ4n) is 1.46. The second-order valence-electron chi connectivity index (χ2n) is 3.59. The van der Waals surface area contributed by atoms with Crippen LogP contribution in [0.1, 0.15) is 19.8 Å². The van der Waals surface area contributed by atoms with Crippen LogP contribution in [0.2, 0.25) is 5.02 Å². The van der Waals surface area contributed by atoms with Gasteiger partial charge in [-0.3, -0.25) is 4.98 Å². The Balaban J connectivity index is 2.45. The molecule has 1 rings (SSSR count). The number of hydrogen-bond donors (Lipinski definition) is 2. The fraction of sp³-hybridized carbons (Fsp3) is 0.545. The number of nitrogens with two attached hydrogens (primary N) is 1. The molecule has 0 fully saturated rings. The standard InChI is InChI=1S/C11H18ClN3/c1-2-9(3-5-13)7-15-11-4-6-14-8-10(11)12/h4,6,8-9H,2-3,5,7,13H2,1H3,(H,14,15). The van der Waals surface area contributed by atoms with Gasteiger partial charge in [0, 0.05) is 18.9 Å². The van der Waals surface area contributed by atoms with E-state index in [0.29, 0.717) is 10.9 Å². The van der Waals surface area contributed by atoms with Crippen molar-refractivity contribution < 1.29 is 0 Å². The van der Waals surface area contributed by atoms with Crippen LogP contribution in [0.3, 0.4) is 0 Å². The molecule has 4 heteroatoms. The van der Waals surface area contributed by atoms with Crippen molar-refractivity contribution in [1.82, 2.24) is 4.98 Å². The number of rotatable bonds is 6. The van der Waals surface area contributed by atoms with Crippen molar-refractivity contribution in [2.75, 3.05) is 18.4 Å². The molecule has 1 aromatic rings. The third-order valence-corrected chi connectivity index (χ3v) is 2.81. The zero-order valence-electron chi connectivity index (χ0n) is 9.04. The molecule has 0 saturated carbocycles. The first kappa shape index (κ1) is 12.3. The van der Waals surface area contributed by atoms with Crippen LogP contribution < -0.4 is 11.1 Å². The zero-order chi connectivity index (χ0) is 11.1. The highest BCUT2D eigenvalue weighted by molar-refractivity contribution is 6.33. The van der Waals surface area contributed by atoms with Gasteiger partial charge in [-0.2, -0.15) is 0 Å². The van der Waals surface area contributed by atoms with Crippen molar-refractivity contribution in [2.24, 2.45) is 11.7 Å². The number of pyridine rings is 1. The third-order valence-electron chi connectivity index (χ3n) is 2.51. The lowest BCUT2D eigenvalue weighted by atomic mass is 10.0. The van der Waals surface area contributed by atoms with Gasteiger partial charge in [0.25, 0.3) is 0 Å². The lowest BCUT2D eigenvalue weighted by Gasteiger charge is -2.15. The first-order chi connectivity index (χ1) is 7.27. The summed E-state index contributed by atoms with van der Waals surface area (Å²) in [4.78, 5) is 3.94. The maximum absolute atomic E-state index is 5.98. The predicted octanol–water partition coefficient (Wildman–Crippen LogP) is 2.52. The Kier molecular flexibility index (Phi) is 5.43. The van der Waals surface area contributed by atoms with Gasteiger partial charge < -0.3 is 11.1 Å². The largest absolute Gasteiger partial charge is 0.383 e. The first-order valence-electron chi connectivity index (χ1n) is 5.31. The van der Waals surface area contributed by atoms with Crippen molar-refractivity contribution >= 4 is 17.3 Å². The molecule has 1 heterocycles. The normalized spacial score (nSPS) is 12.5. The molecule has 0 aliphatic carbocycles. The van der Waals surface area contributed by atoms with Crippen molar-refractivity contribution in [3.63, 3.8) is 0 Å². The Hall–Kier alpha value is -0.800. The summed E-state index contributed by atoms with van der Waals surface area (Å²) in [6, 6.07) is 1.89. The molecular weight excluding hydrogens is 210 g/mol. The average Bonchev–Trinajstić information content (AvgIpc) is 2.26. The molecule has 15 heavy (non-hydrogen) atoms. The number of hydrogen-bond acceptors (Lipinski definition) is 3. The van der Waals surface area contributed by atoms with E-state index in [1.807, 2.05) is 6.07 Å². The Morgan fingerprint density at radius 2 is 2.40 bits per heavy atom. The van der Waals surface area contributed by atoms with E-state index in [9.17, 15) is 0 Å². The quantitative estimate of drug-likeness (QED) is 0.785. The molecule has 0 radical (unpaired) electrons. The molecule has 0 bridgehead atoms. The topological polar surface area (TPSA) is 50.9 Å². The molecule has 1 atom stereocenters. The molecule has 0 saturated heterocycles. The Labute approximate surface area is 96.0 Å². The number of halogens is 1. The minimum absolute atomic E-state index is 0.610. The molecular formula is C11H18ClN3. The maximum Gasteiger partial charge on any atom is 0.0820 e. The summed E-state index contributed by atoms with van der Waals surface area (Å²) in [5.41, 5.74) is 6.49. The van der Waals surface area contributed by atoms with Gasteiger partial charge in [0.05, 0.1) is 10.7 Å². The summed E-state index contributed by atoms with van der Waals surface area (Å²) in [6.45, 7) is 3.83. The van der Waals surface area contributed by atoms with Crippen molar-refractivity contribution in [1.29, 1.82) is 0 Å². The van der Waals surface area contributed by atoms with Crippen molar-refractivity contribution in [3.8, 4) is 0 Å². The van der Waals surface area contributed by atoms with E-state index in [1.54, 1.807) is 12.4 Å². The third kappa shape index (κ3) is 4.06. The maximum atomic E-state index is 5.98. The van der Waals surface area contributed by atoms with Gasteiger partial charge in [-0.05, 0) is 24.9 Å². The monoisotopic (exact) mass is 227 g/mol. The Bertz CT molecular complexity index is 291. The molecule has 0 aliphatic heterocycles. The first-order valence-corrected chi connectivity index (χ1v) is 5.69. The van der Waals surface area contributed by atoms with Gasteiger partial charge in [0.1, 0.15) is 0 Å². The molecule has 0 amide bonds. The molecule has 84 valence electrons. The average molecular weight is 228 g/mol. The molecule has 0 aromatic carbocycles. The summed E-state index contributed by atoms with van der Waals surface area (Å²) in [5.74, 6) is 0.610. The van der Waals surface area contributed by atoms with E-state index < -0.39 is 0 Å². The van der Waals surface area contributed by atoms with Crippen LogP contribution in [0.4, 0.5) is 5.69 Å². The summed E-state index contributed by atoms with van der Waals surface area (Å²) in [6.07, 6.45) is 5.56. The molecule has 1 aromatic heterocycles. The fourth-order valence-corrected chi connectivity index (χ4v) is 1.65.